The van der Waals surface area contributed by atoms with Gasteiger partial charge in [0.2, 0.25) is 0 Å². The minimum atomic E-state index is -4.78. The summed E-state index contributed by atoms with van der Waals surface area (Å²) in [5, 5.41) is 5.83. The number of hydrogen-bond acceptors (Lipinski definition) is 3. The van der Waals surface area contributed by atoms with Gasteiger partial charge in [0.05, 0.1) is 17.4 Å². The number of nitrogens with zero attached hydrogens (tertiary/aromatic N) is 1. The van der Waals surface area contributed by atoms with Gasteiger partial charge < -0.3 is 15.4 Å². The first kappa shape index (κ1) is 27.3. The van der Waals surface area contributed by atoms with Crippen molar-refractivity contribution in [3.05, 3.63) is 98.6 Å². The number of halogens is 5. The zero-order chi connectivity index (χ0) is 26.6. The van der Waals surface area contributed by atoms with Crippen molar-refractivity contribution in [1.29, 1.82) is 0 Å². The number of nitrogens with one attached hydrogen (secondary N) is 2. The van der Waals surface area contributed by atoms with Crippen molar-refractivity contribution >= 4 is 28.6 Å². The van der Waals surface area contributed by atoms with Gasteiger partial charge in [-0.1, -0.05) is 30.3 Å². The molecular formula is C27H26F4IN3O2. The average molecular weight is 627 g/mol. The number of methoxy groups -OCH3 is 1. The van der Waals surface area contributed by atoms with Gasteiger partial charge in [0, 0.05) is 29.3 Å². The van der Waals surface area contributed by atoms with Crippen molar-refractivity contribution < 1.29 is 27.1 Å². The number of rotatable bonds is 7. The molecule has 1 aliphatic rings. The minimum Gasteiger partial charge on any atom is -0.381 e. The summed E-state index contributed by atoms with van der Waals surface area (Å²) < 4.78 is 62.0. The van der Waals surface area contributed by atoms with E-state index in [0.717, 1.165) is 27.7 Å². The molecule has 0 spiro atoms. The molecule has 0 radical (unpaired) electrons. The second-order valence-corrected chi connectivity index (χ2v) is 10.4. The third-order valence-corrected chi connectivity index (χ3v) is 7.21. The van der Waals surface area contributed by atoms with Gasteiger partial charge in [0.25, 0.3) is 0 Å². The standard InChI is InChI=1S/C27H26F4IN3O2/c1-37-23-9-8-22(14-23)34-25(36)35-26(15-17-5-3-2-4-6-17,24-10-7-21(32)16-33-24)18-11-19(27(29,30)31)13-20(28)12-18/h2-7,10-13,16,22-23H,8-9,14-15H2,1H3,(H2,34,35,36)/t22-,23+,26+/m1/s1. The van der Waals surface area contributed by atoms with Gasteiger partial charge in [-0.15, -0.1) is 0 Å². The highest BCUT2D eigenvalue weighted by atomic mass is 127. The Hall–Kier alpha value is -2.73. The summed E-state index contributed by atoms with van der Waals surface area (Å²) in [4.78, 5) is 17.9. The lowest BCUT2D eigenvalue weighted by molar-refractivity contribution is -0.137. The molecule has 1 aromatic heterocycles. The highest BCUT2D eigenvalue weighted by Gasteiger charge is 2.41. The number of carbonyl (C=O) groups excluding carboxylic acids is 1. The third kappa shape index (κ3) is 6.59. The summed E-state index contributed by atoms with van der Waals surface area (Å²) in [6, 6.07) is 14.0. The van der Waals surface area contributed by atoms with Crippen molar-refractivity contribution in [2.45, 2.75) is 49.5 Å². The Bertz CT molecular complexity index is 1220. The first-order valence-corrected chi connectivity index (χ1v) is 12.8. The first-order valence-electron chi connectivity index (χ1n) is 11.7. The van der Waals surface area contributed by atoms with E-state index in [1.54, 1.807) is 49.7 Å². The number of carbonyl (C=O) groups is 1. The van der Waals surface area contributed by atoms with Crippen LogP contribution in [-0.4, -0.2) is 30.3 Å². The molecule has 2 amide bonds. The summed E-state index contributed by atoms with van der Waals surface area (Å²) in [7, 11) is 1.61. The number of amides is 2. The van der Waals surface area contributed by atoms with Gasteiger partial charge in [-0.25, -0.2) is 9.18 Å². The zero-order valence-electron chi connectivity index (χ0n) is 20.0. The zero-order valence-corrected chi connectivity index (χ0v) is 22.1. The molecule has 5 nitrogen and oxygen atoms in total. The Morgan fingerprint density at radius 3 is 2.43 bits per heavy atom. The molecule has 4 rings (SSSR count). The number of benzene rings is 2. The van der Waals surface area contributed by atoms with E-state index in [0.29, 0.717) is 18.9 Å². The summed E-state index contributed by atoms with van der Waals surface area (Å²) in [5.41, 5.74) is -1.80. The van der Waals surface area contributed by atoms with Crippen LogP contribution in [-0.2, 0) is 22.9 Å². The predicted molar refractivity (Wildman–Crippen MR) is 139 cm³/mol. The molecule has 1 fully saturated rings. The Morgan fingerprint density at radius 2 is 1.81 bits per heavy atom. The van der Waals surface area contributed by atoms with Crippen molar-refractivity contribution in [3.8, 4) is 0 Å². The smallest absolute Gasteiger partial charge is 0.381 e. The lowest BCUT2D eigenvalue weighted by atomic mass is 9.79. The largest absolute Gasteiger partial charge is 0.416 e. The topological polar surface area (TPSA) is 63.2 Å². The van der Waals surface area contributed by atoms with E-state index in [4.69, 9.17) is 4.74 Å². The third-order valence-electron chi connectivity index (χ3n) is 6.57. The maximum absolute atomic E-state index is 14.7. The second kappa shape index (κ2) is 11.3. The molecule has 0 bridgehead atoms. The van der Waals surface area contributed by atoms with Crippen LogP contribution in [0.25, 0.3) is 0 Å². The molecule has 3 aromatic rings. The summed E-state index contributed by atoms with van der Waals surface area (Å²) >= 11 is 2.07. The fraction of sp³-hybridized carbons (Fsp3) is 0.333. The van der Waals surface area contributed by atoms with Crippen LogP contribution in [0.4, 0.5) is 22.4 Å². The van der Waals surface area contributed by atoms with E-state index in [-0.39, 0.29) is 29.8 Å². The first-order chi connectivity index (χ1) is 17.6. The van der Waals surface area contributed by atoms with E-state index >= 15 is 0 Å². The maximum Gasteiger partial charge on any atom is 0.416 e. The molecule has 3 atom stereocenters. The molecule has 0 saturated heterocycles. The molecule has 1 heterocycles. The van der Waals surface area contributed by atoms with E-state index in [9.17, 15) is 22.4 Å². The molecule has 0 aliphatic heterocycles. The highest BCUT2D eigenvalue weighted by Crippen LogP contribution is 2.38. The lowest BCUT2D eigenvalue weighted by Crippen LogP contribution is -2.54. The predicted octanol–water partition coefficient (Wildman–Crippen LogP) is 6.20. The Labute approximate surface area is 226 Å². The number of pyridine rings is 1. The lowest BCUT2D eigenvalue weighted by Gasteiger charge is -2.36. The molecule has 37 heavy (non-hydrogen) atoms. The van der Waals surface area contributed by atoms with Crippen molar-refractivity contribution in [3.63, 3.8) is 0 Å². The van der Waals surface area contributed by atoms with E-state index in [1.807, 2.05) is 6.07 Å². The number of ether oxygens (including phenoxy) is 1. The SMILES string of the molecule is CO[C@H]1CC[C@@H](NC(=O)N[C@@](Cc2ccccc2)(c2cc(F)cc(C(F)(F)F)c2)c2ccc(I)cn2)C1. The quantitative estimate of drug-likeness (QED) is 0.243. The summed E-state index contributed by atoms with van der Waals surface area (Å²) in [6.45, 7) is 0. The highest BCUT2D eigenvalue weighted by molar-refractivity contribution is 14.1. The van der Waals surface area contributed by atoms with Gasteiger partial charge in [0.15, 0.2) is 0 Å². The van der Waals surface area contributed by atoms with E-state index < -0.39 is 29.1 Å². The number of hydrogen-bond donors (Lipinski definition) is 2. The maximum atomic E-state index is 14.7. The van der Waals surface area contributed by atoms with Crippen LogP contribution in [0.15, 0.2) is 66.9 Å². The van der Waals surface area contributed by atoms with Crippen molar-refractivity contribution in [2.24, 2.45) is 0 Å². The fourth-order valence-corrected chi connectivity index (χ4v) is 5.07. The molecule has 196 valence electrons. The Morgan fingerprint density at radius 1 is 1.08 bits per heavy atom. The number of aromatic nitrogens is 1. The van der Waals surface area contributed by atoms with Crippen LogP contribution in [0.2, 0.25) is 0 Å². The number of urea groups is 1. The van der Waals surface area contributed by atoms with Crippen molar-refractivity contribution in [1.82, 2.24) is 15.6 Å². The fourth-order valence-electron chi connectivity index (χ4n) is 4.75. The van der Waals surface area contributed by atoms with Gasteiger partial charge >= 0.3 is 12.2 Å². The molecule has 2 N–H and O–H groups in total. The molecule has 10 heteroatoms. The van der Waals surface area contributed by atoms with E-state index in [1.165, 1.54) is 0 Å². The minimum absolute atomic E-state index is 0.0230. The van der Waals surface area contributed by atoms with Crippen LogP contribution in [0.1, 0.15) is 41.6 Å². The van der Waals surface area contributed by atoms with E-state index in [2.05, 4.69) is 38.2 Å². The molecule has 2 aromatic carbocycles. The van der Waals surface area contributed by atoms with Gasteiger partial charge in [-0.05, 0) is 83.3 Å². The molecule has 0 unspecified atom stereocenters. The Balaban J connectivity index is 1.84. The normalized spacial score (nSPS) is 19.3. The van der Waals surface area contributed by atoms with Crippen LogP contribution in [0.3, 0.4) is 0 Å². The van der Waals surface area contributed by atoms with Crippen LogP contribution in [0, 0.1) is 9.39 Å². The van der Waals surface area contributed by atoms with Crippen LogP contribution >= 0.6 is 22.6 Å². The van der Waals surface area contributed by atoms with Gasteiger partial charge in [0.1, 0.15) is 11.4 Å². The molecule has 1 saturated carbocycles. The van der Waals surface area contributed by atoms with Crippen molar-refractivity contribution in [2.75, 3.05) is 7.11 Å². The van der Waals surface area contributed by atoms with Gasteiger partial charge in [-0.2, -0.15) is 13.2 Å². The van der Waals surface area contributed by atoms with Crippen LogP contribution < -0.4 is 10.6 Å². The summed E-state index contributed by atoms with van der Waals surface area (Å²) in [5.74, 6) is -1.06. The second-order valence-electron chi connectivity index (χ2n) is 9.12. The summed E-state index contributed by atoms with van der Waals surface area (Å²) in [6.07, 6.45) is -1.05. The average Bonchev–Trinajstić information content (AvgIpc) is 3.31. The van der Waals surface area contributed by atoms with Gasteiger partial charge in [-0.3, -0.25) is 4.98 Å². The number of alkyl halides is 3. The molecular weight excluding hydrogens is 601 g/mol. The van der Waals surface area contributed by atoms with Crippen LogP contribution in [0.5, 0.6) is 0 Å². The Kier molecular flexibility index (Phi) is 8.37. The molecule has 1 aliphatic carbocycles. The monoisotopic (exact) mass is 627 g/mol.